The van der Waals surface area contributed by atoms with Crippen molar-refractivity contribution in [2.45, 2.75) is 4.90 Å². The average molecular weight is 541 g/mol. The smallest absolute Gasteiger partial charge is 0.321 e. The quantitative estimate of drug-likeness (QED) is 0.394. The maximum atomic E-state index is 13.0. The number of carbonyl (C=O) groups is 2. The van der Waals surface area contributed by atoms with Crippen LogP contribution in [0, 0.1) is 11.3 Å². The van der Waals surface area contributed by atoms with E-state index in [1.807, 2.05) is 6.07 Å². The molecule has 1 saturated heterocycles. The number of para-hydroxylation sites is 1. The molecule has 1 aromatic heterocycles. The van der Waals surface area contributed by atoms with Gasteiger partial charge >= 0.3 is 6.03 Å². The van der Waals surface area contributed by atoms with Gasteiger partial charge < -0.3 is 15.1 Å². The summed E-state index contributed by atoms with van der Waals surface area (Å²) in [4.78, 5) is 33.2. The van der Waals surface area contributed by atoms with E-state index in [4.69, 9.17) is 5.26 Å². The molecule has 0 spiro atoms. The number of hydrogen-bond acceptors (Lipinski definition) is 6. The number of amides is 3. The van der Waals surface area contributed by atoms with E-state index in [-0.39, 0.29) is 16.8 Å². The first-order valence-corrected chi connectivity index (χ1v) is 13.6. The SMILES string of the molecule is N#Cc1ccc(NC(=O)N2CCN(C(=O)c3ccc(NS(=O)(=O)c4cccc5cccnc45)cc3)CC2)cc1. The van der Waals surface area contributed by atoms with E-state index in [9.17, 15) is 18.0 Å². The number of hydrogen-bond donors (Lipinski definition) is 2. The van der Waals surface area contributed by atoms with Gasteiger partial charge in [-0.05, 0) is 60.7 Å². The number of nitrogens with zero attached hydrogens (tertiary/aromatic N) is 4. The number of urea groups is 1. The van der Waals surface area contributed by atoms with Crippen LogP contribution in [0.2, 0.25) is 0 Å². The van der Waals surface area contributed by atoms with Crippen molar-refractivity contribution in [3.63, 3.8) is 0 Å². The number of sulfonamides is 1. The molecule has 1 aliphatic heterocycles. The highest BCUT2D eigenvalue weighted by Gasteiger charge is 2.25. The number of fused-ring (bicyclic) bond motifs is 1. The van der Waals surface area contributed by atoms with Crippen LogP contribution in [-0.2, 0) is 10.0 Å². The maximum absolute atomic E-state index is 13.0. The molecule has 1 aliphatic rings. The van der Waals surface area contributed by atoms with Crippen LogP contribution in [0.3, 0.4) is 0 Å². The lowest BCUT2D eigenvalue weighted by Crippen LogP contribution is -2.51. The van der Waals surface area contributed by atoms with Crippen LogP contribution in [0.1, 0.15) is 15.9 Å². The van der Waals surface area contributed by atoms with Crippen LogP contribution in [-0.4, -0.2) is 61.3 Å². The van der Waals surface area contributed by atoms with Crippen molar-refractivity contribution >= 4 is 44.2 Å². The Hall–Kier alpha value is -4.95. The molecule has 4 aromatic rings. The third-order valence-electron chi connectivity index (χ3n) is 6.39. The molecule has 3 amide bonds. The summed E-state index contributed by atoms with van der Waals surface area (Å²) < 4.78 is 28.6. The van der Waals surface area contributed by atoms with E-state index in [1.165, 1.54) is 6.07 Å². The molecule has 0 unspecified atom stereocenters. The third kappa shape index (κ3) is 5.66. The predicted octanol–water partition coefficient (Wildman–Crippen LogP) is 3.90. The first-order valence-electron chi connectivity index (χ1n) is 12.2. The normalized spacial score (nSPS) is 13.5. The summed E-state index contributed by atoms with van der Waals surface area (Å²) in [7, 11) is -3.90. The molecule has 11 heteroatoms. The number of anilines is 2. The highest BCUT2D eigenvalue weighted by molar-refractivity contribution is 7.93. The summed E-state index contributed by atoms with van der Waals surface area (Å²) in [6.45, 7) is 1.46. The molecule has 3 aromatic carbocycles. The Morgan fingerprint density at radius 1 is 0.821 bits per heavy atom. The summed E-state index contributed by atoms with van der Waals surface area (Å²) >= 11 is 0. The van der Waals surface area contributed by atoms with Gasteiger partial charge in [-0.15, -0.1) is 0 Å². The highest BCUT2D eigenvalue weighted by atomic mass is 32.2. The van der Waals surface area contributed by atoms with Crippen molar-refractivity contribution in [1.29, 1.82) is 5.26 Å². The number of rotatable bonds is 5. The van der Waals surface area contributed by atoms with Crippen LogP contribution >= 0.6 is 0 Å². The zero-order chi connectivity index (χ0) is 27.4. The standard InChI is InChI=1S/C28H24N6O4S/c29-19-20-6-10-23(11-7-20)31-28(36)34-17-15-33(16-18-34)27(35)22-8-12-24(13-9-22)32-39(37,38)25-5-1-3-21-4-2-14-30-26(21)25/h1-14,32H,15-18H2,(H,31,36). The summed E-state index contributed by atoms with van der Waals surface area (Å²) in [5.74, 6) is -0.199. The Kier molecular flexibility index (Phi) is 7.12. The molecule has 10 nitrogen and oxygen atoms in total. The minimum absolute atomic E-state index is 0.0712. The fourth-order valence-electron chi connectivity index (χ4n) is 4.31. The zero-order valence-electron chi connectivity index (χ0n) is 20.7. The van der Waals surface area contributed by atoms with Gasteiger partial charge in [-0.2, -0.15) is 5.26 Å². The molecule has 5 rings (SSSR count). The van der Waals surface area contributed by atoms with Crippen LogP contribution in [0.5, 0.6) is 0 Å². The van der Waals surface area contributed by atoms with Crippen LogP contribution < -0.4 is 10.0 Å². The van der Waals surface area contributed by atoms with Gasteiger partial charge in [0.2, 0.25) is 0 Å². The molecular weight excluding hydrogens is 516 g/mol. The molecule has 1 fully saturated rings. The number of nitriles is 1. The molecule has 39 heavy (non-hydrogen) atoms. The van der Waals surface area contributed by atoms with Crippen molar-refractivity contribution in [2.24, 2.45) is 0 Å². The largest absolute Gasteiger partial charge is 0.335 e. The van der Waals surface area contributed by atoms with Crippen LogP contribution in [0.25, 0.3) is 10.9 Å². The van der Waals surface area contributed by atoms with Gasteiger partial charge in [-0.1, -0.05) is 18.2 Å². The minimum Gasteiger partial charge on any atom is -0.335 e. The number of aromatic nitrogens is 1. The Morgan fingerprint density at radius 2 is 1.46 bits per heavy atom. The molecule has 196 valence electrons. The minimum atomic E-state index is -3.90. The van der Waals surface area contributed by atoms with Crippen molar-refractivity contribution in [3.05, 3.63) is 96.2 Å². The first-order chi connectivity index (χ1) is 18.8. The van der Waals surface area contributed by atoms with E-state index in [2.05, 4.69) is 15.0 Å². The Morgan fingerprint density at radius 3 is 2.15 bits per heavy atom. The molecular formula is C28H24N6O4S. The summed E-state index contributed by atoms with van der Waals surface area (Å²) in [6.07, 6.45) is 1.55. The molecule has 2 N–H and O–H groups in total. The van der Waals surface area contributed by atoms with Gasteiger partial charge in [0.05, 0.1) is 17.1 Å². The van der Waals surface area contributed by atoms with Gasteiger partial charge in [-0.3, -0.25) is 14.5 Å². The van der Waals surface area contributed by atoms with Crippen molar-refractivity contribution in [2.75, 3.05) is 36.2 Å². The summed E-state index contributed by atoms with van der Waals surface area (Å²) in [6, 6.07) is 23.1. The number of pyridine rings is 1. The van der Waals surface area contributed by atoms with E-state index in [0.717, 1.165) is 0 Å². The Labute approximate surface area is 225 Å². The predicted molar refractivity (Wildman–Crippen MR) is 147 cm³/mol. The lowest BCUT2D eigenvalue weighted by molar-refractivity contribution is 0.0671. The number of benzene rings is 3. The molecule has 0 saturated carbocycles. The molecule has 0 bridgehead atoms. The second-order valence-corrected chi connectivity index (χ2v) is 10.6. The molecule has 0 aliphatic carbocycles. The second-order valence-electron chi connectivity index (χ2n) is 8.91. The number of nitrogens with one attached hydrogen (secondary N) is 2. The lowest BCUT2D eigenvalue weighted by Gasteiger charge is -2.34. The topological polar surface area (TPSA) is 136 Å². The van der Waals surface area contributed by atoms with E-state index < -0.39 is 10.0 Å². The van der Waals surface area contributed by atoms with Crippen molar-refractivity contribution < 1.29 is 18.0 Å². The van der Waals surface area contributed by atoms with Gasteiger partial charge in [-0.25, -0.2) is 13.2 Å². The lowest BCUT2D eigenvalue weighted by atomic mass is 10.1. The summed E-state index contributed by atoms with van der Waals surface area (Å²) in [5, 5.41) is 12.4. The van der Waals surface area contributed by atoms with Crippen molar-refractivity contribution in [1.82, 2.24) is 14.8 Å². The second kappa shape index (κ2) is 10.8. The average Bonchev–Trinajstić information content (AvgIpc) is 2.97. The zero-order valence-corrected chi connectivity index (χ0v) is 21.6. The third-order valence-corrected chi connectivity index (χ3v) is 7.80. The van der Waals surface area contributed by atoms with Gasteiger partial charge in [0.15, 0.2) is 0 Å². The highest BCUT2D eigenvalue weighted by Crippen LogP contribution is 2.24. The van der Waals surface area contributed by atoms with E-state index in [1.54, 1.807) is 88.8 Å². The van der Waals surface area contributed by atoms with Gasteiger partial charge in [0.25, 0.3) is 15.9 Å². The molecule has 2 heterocycles. The van der Waals surface area contributed by atoms with Crippen LogP contribution in [0.15, 0.2) is 90.0 Å². The first kappa shape index (κ1) is 25.7. The fraction of sp³-hybridized carbons (Fsp3) is 0.143. The monoisotopic (exact) mass is 540 g/mol. The van der Waals surface area contributed by atoms with Crippen molar-refractivity contribution in [3.8, 4) is 6.07 Å². The molecule has 0 atom stereocenters. The van der Waals surface area contributed by atoms with E-state index >= 15 is 0 Å². The fourth-order valence-corrected chi connectivity index (χ4v) is 5.55. The number of carbonyl (C=O) groups excluding carboxylic acids is 2. The van der Waals surface area contributed by atoms with E-state index in [0.29, 0.717) is 59.6 Å². The Bertz CT molecular complexity index is 1670. The van der Waals surface area contributed by atoms with Gasteiger partial charge in [0, 0.05) is 54.7 Å². The van der Waals surface area contributed by atoms with Crippen LogP contribution in [0.4, 0.5) is 16.2 Å². The maximum Gasteiger partial charge on any atom is 0.321 e. The van der Waals surface area contributed by atoms with Gasteiger partial charge in [0.1, 0.15) is 4.90 Å². The molecule has 0 radical (unpaired) electrons. The summed E-state index contributed by atoms with van der Waals surface area (Å²) in [5.41, 5.74) is 2.21. The number of piperazine rings is 1. The Balaban J connectivity index is 1.18.